The van der Waals surface area contributed by atoms with Gasteiger partial charge >= 0.3 is 64.6 Å². The summed E-state index contributed by atoms with van der Waals surface area (Å²) >= 11 is -1.10. The molecule has 1 saturated heterocycles. The van der Waals surface area contributed by atoms with Crippen LogP contribution in [0.25, 0.3) is 0 Å². The van der Waals surface area contributed by atoms with E-state index in [1.54, 1.807) is 0 Å². The molecule has 2 nitrogen and oxygen atoms in total. The van der Waals surface area contributed by atoms with Gasteiger partial charge in [0, 0.05) is 0 Å². The van der Waals surface area contributed by atoms with E-state index in [-0.39, 0.29) is 5.97 Å². The molecule has 0 aromatic heterocycles. The Balaban J connectivity index is 2.34. The number of esters is 1. The van der Waals surface area contributed by atoms with Crippen LogP contribution in [0.1, 0.15) is 0 Å². The molecule has 0 aromatic carbocycles. The first-order valence-electron chi connectivity index (χ1n) is 2.90. The molecule has 1 fully saturated rings. The SMILES string of the molecule is [CH3][Sn]1[CH2]COC(=O)C[S]1. The molecule has 0 saturated carbocycles. The van der Waals surface area contributed by atoms with Crippen LogP contribution in [0.2, 0.25) is 9.38 Å². The maximum absolute atomic E-state index is 10.6. The second-order valence-corrected chi connectivity index (χ2v) is 15.1. The molecule has 4 heteroatoms. The van der Waals surface area contributed by atoms with Gasteiger partial charge in [0.25, 0.3) is 0 Å². The third-order valence-corrected chi connectivity index (χ3v) is 11.4. The summed E-state index contributed by atoms with van der Waals surface area (Å²) in [5, 5.41) is 0. The standard InChI is InChI=1S/C4H7O2S.CH3.Sn/c1-2-6-4(5)3-7;;/h7H,1-3H2;1H3;/q;;+1/p-1. The molecule has 0 atom stereocenters. The molecule has 1 aliphatic rings. The van der Waals surface area contributed by atoms with Crippen molar-refractivity contribution in [3.8, 4) is 0 Å². The molecular formula is C5H9O2SSn. The van der Waals surface area contributed by atoms with Crippen LogP contribution in [0, 0.1) is 0 Å². The molecular weight excluding hydrogens is 243 g/mol. The summed E-state index contributed by atoms with van der Waals surface area (Å²) in [7, 11) is 1.87. The van der Waals surface area contributed by atoms with Crippen molar-refractivity contribution in [2.75, 3.05) is 12.4 Å². The van der Waals surface area contributed by atoms with Gasteiger partial charge in [0.15, 0.2) is 0 Å². The molecule has 1 aliphatic heterocycles. The number of hydrogen-bond acceptors (Lipinski definition) is 3. The van der Waals surface area contributed by atoms with E-state index in [4.69, 9.17) is 4.74 Å². The average Bonchev–Trinajstić information content (AvgIpc) is 1.97. The molecule has 0 N–H and O–H groups in total. The van der Waals surface area contributed by atoms with Crippen molar-refractivity contribution < 1.29 is 9.53 Å². The van der Waals surface area contributed by atoms with Crippen LogP contribution in [0.4, 0.5) is 0 Å². The summed E-state index contributed by atoms with van der Waals surface area (Å²) in [5.74, 6) is 0.600. The van der Waals surface area contributed by atoms with Gasteiger partial charge in [-0.3, -0.25) is 0 Å². The van der Waals surface area contributed by atoms with Gasteiger partial charge in [-0.05, 0) is 0 Å². The van der Waals surface area contributed by atoms with Crippen molar-refractivity contribution in [2.45, 2.75) is 9.38 Å². The van der Waals surface area contributed by atoms with Gasteiger partial charge in [-0.2, -0.15) is 0 Å². The number of carbonyl (C=O) groups excluding carboxylic acids is 1. The number of carbonyl (C=O) groups is 1. The van der Waals surface area contributed by atoms with Crippen LogP contribution >= 0.6 is 8.95 Å². The summed E-state index contributed by atoms with van der Waals surface area (Å²) in [5.41, 5.74) is 0. The quantitative estimate of drug-likeness (QED) is 0.473. The Morgan fingerprint density at radius 1 is 1.78 bits per heavy atom. The van der Waals surface area contributed by atoms with Crippen LogP contribution in [-0.2, 0) is 9.53 Å². The normalized spacial score (nSPS) is 23.0. The summed E-state index contributed by atoms with van der Waals surface area (Å²) < 4.78 is 6.06. The van der Waals surface area contributed by atoms with E-state index in [9.17, 15) is 4.79 Å². The summed E-state index contributed by atoms with van der Waals surface area (Å²) in [6.07, 6.45) is 0. The number of hydrogen-bond donors (Lipinski definition) is 0. The minimum atomic E-state index is -1.10. The topological polar surface area (TPSA) is 26.3 Å². The summed E-state index contributed by atoms with van der Waals surface area (Å²) in [4.78, 5) is 12.9. The van der Waals surface area contributed by atoms with Gasteiger partial charge in [-0.15, -0.1) is 0 Å². The molecule has 1 heterocycles. The third-order valence-electron chi connectivity index (χ3n) is 1.15. The van der Waals surface area contributed by atoms with Crippen molar-refractivity contribution in [1.29, 1.82) is 0 Å². The summed E-state index contributed by atoms with van der Waals surface area (Å²) in [6, 6.07) is 0. The van der Waals surface area contributed by atoms with Gasteiger partial charge in [-0.25, -0.2) is 0 Å². The van der Waals surface area contributed by atoms with E-state index < -0.39 is 18.4 Å². The second kappa shape index (κ2) is 3.71. The van der Waals surface area contributed by atoms with Gasteiger partial charge in [-0.1, -0.05) is 0 Å². The summed E-state index contributed by atoms with van der Waals surface area (Å²) in [6.45, 7) is 0.692. The molecule has 0 aromatic rings. The van der Waals surface area contributed by atoms with Gasteiger partial charge < -0.3 is 0 Å². The predicted octanol–water partition coefficient (Wildman–Crippen LogP) is 0.898. The number of ether oxygens (including phenoxy) is 1. The molecule has 0 bridgehead atoms. The molecule has 0 aliphatic carbocycles. The van der Waals surface area contributed by atoms with E-state index in [1.807, 2.05) is 8.95 Å². The zero-order valence-electron chi connectivity index (χ0n) is 5.35. The zero-order valence-corrected chi connectivity index (χ0v) is 9.02. The Kier molecular flexibility index (Phi) is 3.18. The van der Waals surface area contributed by atoms with Crippen molar-refractivity contribution in [3.63, 3.8) is 0 Å². The monoisotopic (exact) mass is 253 g/mol. The van der Waals surface area contributed by atoms with Crippen LogP contribution in [0.5, 0.6) is 0 Å². The van der Waals surface area contributed by atoms with E-state index in [0.717, 1.165) is 0 Å². The molecule has 1 rings (SSSR count). The minimum absolute atomic E-state index is 0.0162. The molecule has 0 amide bonds. The van der Waals surface area contributed by atoms with Crippen LogP contribution in [-0.4, -0.2) is 36.7 Å². The molecule has 51 valence electrons. The van der Waals surface area contributed by atoms with Crippen molar-refractivity contribution in [3.05, 3.63) is 0 Å². The van der Waals surface area contributed by atoms with Crippen molar-refractivity contribution in [2.24, 2.45) is 0 Å². The Bertz CT molecular complexity index is 118. The second-order valence-electron chi connectivity index (χ2n) is 1.96. The fourth-order valence-electron chi connectivity index (χ4n) is 0.605. The van der Waals surface area contributed by atoms with Crippen molar-refractivity contribution >= 4 is 33.3 Å². The first-order valence-corrected chi connectivity index (χ1v) is 12.3. The first kappa shape index (κ1) is 7.72. The number of cyclic esters (lactones) is 1. The third kappa shape index (κ3) is 2.80. The van der Waals surface area contributed by atoms with Gasteiger partial charge in [0.1, 0.15) is 0 Å². The Hall–Kier alpha value is 0.619. The van der Waals surface area contributed by atoms with Crippen LogP contribution in [0.3, 0.4) is 0 Å². The Morgan fingerprint density at radius 3 is 3.33 bits per heavy atom. The Labute approximate surface area is 64.5 Å². The van der Waals surface area contributed by atoms with Crippen LogP contribution < -0.4 is 0 Å². The van der Waals surface area contributed by atoms with Crippen LogP contribution in [0.15, 0.2) is 0 Å². The molecule has 0 unspecified atom stereocenters. The fraction of sp³-hybridized carbons (Fsp3) is 0.800. The maximum atomic E-state index is 10.6. The molecule has 0 spiro atoms. The van der Waals surface area contributed by atoms with E-state index in [2.05, 4.69) is 4.94 Å². The first-order chi connectivity index (χ1) is 4.29. The van der Waals surface area contributed by atoms with Gasteiger partial charge in [0.05, 0.1) is 0 Å². The van der Waals surface area contributed by atoms with E-state index >= 15 is 0 Å². The van der Waals surface area contributed by atoms with E-state index in [0.29, 0.717) is 12.4 Å². The van der Waals surface area contributed by atoms with Crippen molar-refractivity contribution in [1.82, 2.24) is 0 Å². The zero-order chi connectivity index (χ0) is 6.69. The van der Waals surface area contributed by atoms with E-state index in [1.165, 1.54) is 4.44 Å². The predicted molar refractivity (Wildman–Crippen MR) is 39.8 cm³/mol. The molecule has 9 heavy (non-hydrogen) atoms. The van der Waals surface area contributed by atoms with Gasteiger partial charge in [0.2, 0.25) is 0 Å². The average molecular weight is 252 g/mol. The molecule has 1 radical (unpaired) electrons. The fourth-order valence-corrected chi connectivity index (χ4v) is 7.22. The Morgan fingerprint density at radius 2 is 2.56 bits per heavy atom. The number of rotatable bonds is 0.